The third-order valence-electron chi connectivity index (χ3n) is 6.64. The molecule has 0 saturated carbocycles. The second-order valence-corrected chi connectivity index (χ2v) is 11.0. The first-order chi connectivity index (χ1) is 13.9. The van der Waals surface area contributed by atoms with Crippen LogP contribution in [0, 0.1) is 25.2 Å². The van der Waals surface area contributed by atoms with Crippen LogP contribution in [0.25, 0.3) is 0 Å². The standard InChI is InChI=1S/C26H38O3S/c1-9-26(10-2,19-11-12-20(24(28)29)16(3)13-19)22-15-17(4)21(30-22)14-18(5)23(27)25(6,7)8/h11-13,15,18,23,27H,9-10,14H2,1-8H3,(H,28,29). The highest BCUT2D eigenvalue weighted by Gasteiger charge is 2.34. The molecular weight excluding hydrogens is 392 g/mol. The molecule has 0 bridgehead atoms. The van der Waals surface area contributed by atoms with Crippen LogP contribution in [0.3, 0.4) is 0 Å². The average molecular weight is 431 g/mol. The topological polar surface area (TPSA) is 57.5 Å². The molecule has 2 atom stereocenters. The predicted molar refractivity (Wildman–Crippen MR) is 127 cm³/mol. The third-order valence-corrected chi connectivity index (χ3v) is 8.11. The largest absolute Gasteiger partial charge is 0.478 e. The molecule has 2 N–H and O–H groups in total. The van der Waals surface area contributed by atoms with Gasteiger partial charge < -0.3 is 10.2 Å². The van der Waals surface area contributed by atoms with Crippen molar-refractivity contribution in [2.45, 2.75) is 86.2 Å². The predicted octanol–water partition coefficient (Wildman–Crippen LogP) is 6.75. The van der Waals surface area contributed by atoms with Crippen molar-refractivity contribution in [1.29, 1.82) is 0 Å². The fourth-order valence-corrected chi connectivity index (χ4v) is 6.24. The van der Waals surface area contributed by atoms with Gasteiger partial charge in [0.25, 0.3) is 0 Å². The van der Waals surface area contributed by atoms with Gasteiger partial charge in [0.1, 0.15) is 0 Å². The van der Waals surface area contributed by atoms with Gasteiger partial charge in [-0.1, -0.05) is 53.7 Å². The van der Waals surface area contributed by atoms with Gasteiger partial charge >= 0.3 is 5.97 Å². The summed E-state index contributed by atoms with van der Waals surface area (Å²) in [5.74, 6) is -0.691. The van der Waals surface area contributed by atoms with E-state index in [1.54, 1.807) is 6.07 Å². The zero-order valence-corrected chi connectivity index (χ0v) is 20.6. The number of hydrogen-bond donors (Lipinski definition) is 2. The van der Waals surface area contributed by atoms with E-state index in [0.29, 0.717) is 5.56 Å². The normalized spacial score (nSPS) is 14.6. The molecule has 2 aromatic rings. The van der Waals surface area contributed by atoms with Gasteiger partial charge in [-0.2, -0.15) is 0 Å². The molecule has 0 fully saturated rings. The number of aromatic carboxylic acids is 1. The van der Waals surface area contributed by atoms with Gasteiger partial charge in [-0.15, -0.1) is 11.3 Å². The first-order valence-electron chi connectivity index (χ1n) is 11.0. The number of hydrogen-bond acceptors (Lipinski definition) is 3. The van der Waals surface area contributed by atoms with Crippen LogP contribution in [-0.2, 0) is 11.8 Å². The molecule has 0 spiro atoms. The van der Waals surface area contributed by atoms with Crippen LogP contribution in [0.2, 0.25) is 0 Å². The number of carboxylic acid groups (broad SMARTS) is 1. The van der Waals surface area contributed by atoms with E-state index in [2.05, 4.69) is 60.6 Å². The lowest BCUT2D eigenvalue weighted by atomic mass is 9.74. The lowest BCUT2D eigenvalue weighted by Crippen LogP contribution is -2.33. The lowest BCUT2D eigenvalue weighted by Gasteiger charge is -2.32. The van der Waals surface area contributed by atoms with Crippen LogP contribution < -0.4 is 0 Å². The van der Waals surface area contributed by atoms with E-state index in [4.69, 9.17) is 0 Å². The number of aliphatic hydroxyl groups is 1. The fourth-order valence-electron chi connectivity index (χ4n) is 4.57. The maximum Gasteiger partial charge on any atom is 0.335 e. The number of carbonyl (C=O) groups is 1. The van der Waals surface area contributed by atoms with Crippen LogP contribution in [0.5, 0.6) is 0 Å². The first-order valence-corrected chi connectivity index (χ1v) is 11.8. The molecule has 0 aliphatic carbocycles. The number of thiophene rings is 1. The minimum atomic E-state index is -0.877. The van der Waals surface area contributed by atoms with Crippen molar-refractivity contribution in [3.63, 3.8) is 0 Å². The summed E-state index contributed by atoms with van der Waals surface area (Å²) in [5.41, 5.74) is 3.39. The van der Waals surface area contributed by atoms with Crippen molar-refractivity contribution in [2.24, 2.45) is 11.3 Å². The maximum absolute atomic E-state index is 11.4. The molecule has 1 aromatic heterocycles. The van der Waals surface area contributed by atoms with Crippen LogP contribution in [0.4, 0.5) is 0 Å². The summed E-state index contributed by atoms with van der Waals surface area (Å²) in [6.45, 7) is 16.9. The first kappa shape index (κ1) is 24.6. The SMILES string of the molecule is CCC(CC)(c1ccc(C(=O)O)c(C)c1)c1cc(C)c(CC(C)C(O)C(C)(C)C)s1. The van der Waals surface area contributed by atoms with E-state index in [0.717, 1.165) is 24.8 Å². The van der Waals surface area contributed by atoms with Gasteiger partial charge in [-0.25, -0.2) is 4.79 Å². The van der Waals surface area contributed by atoms with Gasteiger partial charge in [0.15, 0.2) is 0 Å². The van der Waals surface area contributed by atoms with E-state index < -0.39 is 5.97 Å². The van der Waals surface area contributed by atoms with Crippen molar-refractivity contribution < 1.29 is 15.0 Å². The molecule has 1 aromatic carbocycles. The summed E-state index contributed by atoms with van der Waals surface area (Å²) in [4.78, 5) is 14.1. The molecular formula is C26H38O3S. The number of aryl methyl sites for hydroxylation is 2. The van der Waals surface area contributed by atoms with Gasteiger partial charge in [-0.3, -0.25) is 0 Å². The Morgan fingerprint density at radius 2 is 1.67 bits per heavy atom. The monoisotopic (exact) mass is 430 g/mol. The summed E-state index contributed by atoms with van der Waals surface area (Å²) >= 11 is 1.86. The Balaban J connectivity index is 2.45. The highest BCUT2D eigenvalue weighted by molar-refractivity contribution is 7.12. The van der Waals surface area contributed by atoms with Crippen molar-refractivity contribution in [1.82, 2.24) is 0 Å². The number of rotatable bonds is 8. The Hall–Kier alpha value is -1.65. The van der Waals surface area contributed by atoms with Crippen LogP contribution in [-0.4, -0.2) is 22.3 Å². The highest BCUT2D eigenvalue weighted by atomic mass is 32.1. The summed E-state index contributed by atoms with van der Waals surface area (Å²) in [5, 5.41) is 20.1. The Morgan fingerprint density at radius 3 is 2.13 bits per heavy atom. The van der Waals surface area contributed by atoms with E-state index in [1.165, 1.54) is 20.9 Å². The van der Waals surface area contributed by atoms with Crippen molar-refractivity contribution >= 4 is 17.3 Å². The second-order valence-electron chi connectivity index (χ2n) is 9.83. The van der Waals surface area contributed by atoms with E-state index in [9.17, 15) is 15.0 Å². The maximum atomic E-state index is 11.4. The molecule has 0 aliphatic heterocycles. The van der Waals surface area contributed by atoms with Crippen LogP contribution >= 0.6 is 11.3 Å². The quantitative estimate of drug-likeness (QED) is 0.487. The number of carboxylic acids is 1. The van der Waals surface area contributed by atoms with Gasteiger partial charge in [-0.05, 0) is 73.3 Å². The molecule has 2 rings (SSSR count). The minimum absolute atomic E-state index is 0.124. The molecule has 0 radical (unpaired) electrons. The molecule has 166 valence electrons. The summed E-state index contributed by atoms with van der Waals surface area (Å²) < 4.78 is 0. The molecule has 0 amide bonds. The number of aliphatic hydroxyl groups excluding tert-OH is 1. The van der Waals surface area contributed by atoms with Crippen molar-refractivity contribution in [3.8, 4) is 0 Å². The highest BCUT2D eigenvalue weighted by Crippen LogP contribution is 2.44. The fraction of sp³-hybridized carbons (Fsp3) is 0.577. The zero-order chi connectivity index (χ0) is 22.9. The van der Waals surface area contributed by atoms with E-state index in [1.807, 2.05) is 24.3 Å². The van der Waals surface area contributed by atoms with E-state index in [-0.39, 0.29) is 22.9 Å². The molecule has 0 aliphatic rings. The Bertz CT molecular complexity index is 884. The van der Waals surface area contributed by atoms with Crippen LogP contribution in [0.1, 0.15) is 91.2 Å². The van der Waals surface area contributed by atoms with Crippen molar-refractivity contribution in [3.05, 3.63) is 56.3 Å². The Labute approximate surface area is 186 Å². The average Bonchev–Trinajstić information content (AvgIpc) is 3.02. The van der Waals surface area contributed by atoms with Gasteiger partial charge in [0.05, 0.1) is 11.7 Å². The van der Waals surface area contributed by atoms with Crippen LogP contribution in [0.15, 0.2) is 24.3 Å². The molecule has 1 heterocycles. The summed E-state index contributed by atoms with van der Waals surface area (Å²) in [6.07, 6.45) is 2.43. The summed E-state index contributed by atoms with van der Waals surface area (Å²) in [6, 6.07) is 8.10. The van der Waals surface area contributed by atoms with Crippen molar-refractivity contribution in [2.75, 3.05) is 0 Å². The summed E-state index contributed by atoms with van der Waals surface area (Å²) in [7, 11) is 0. The van der Waals surface area contributed by atoms with Gasteiger partial charge in [0.2, 0.25) is 0 Å². The number of benzene rings is 1. The Morgan fingerprint density at radius 1 is 1.07 bits per heavy atom. The molecule has 2 unspecified atom stereocenters. The molecule has 4 heteroatoms. The lowest BCUT2D eigenvalue weighted by molar-refractivity contribution is 0.0185. The molecule has 3 nitrogen and oxygen atoms in total. The van der Waals surface area contributed by atoms with Gasteiger partial charge in [0, 0.05) is 15.2 Å². The minimum Gasteiger partial charge on any atom is -0.478 e. The zero-order valence-electron chi connectivity index (χ0n) is 19.8. The molecule has 0 saturated heterocycles. The smallest absolute Gasteiger partial charge is 0.335 e. The van der Waals surface area contributed by atoms with E-state index >= 15 is 0 Å². The molecule has 30 heavy (non-hydrogen) atoms. The third kappa shape index (κ3) is 4.81. The Kier molecular flexibility index (Phi) is 7.58. The second kappa shape index (κ2) is 9.23.